The third kappa shape index (κ3) is 2.06. The Morgan fingerprint density at radius 1 is 1.12 bits per heavy atom. The number of aromatic nitrogens is 2. The highest BCUT2D eigenvalue weighted by atomic mass is 16.1. The number of hydrogen-bond donors (Lipinski definition) is 1. The van der Waals surface area contributed by atoms with Crippen molar-refractivity contribution in [1.29, 1.82) is 0 Å². The zero-order valence-corrected chi connectivity index (χ0v) is 8.84. The molecule has 0 aliphatic heterocycles. The van der Waals surface area contributed by atoms with E-state index in [0.717, 1.165) is 5.69 Å². The van der Waals surface area contributed by atoms with Gasteiger partial charge in [0, 0.05) is 25.0 Å². The van der Waals surface area contributed by atoms with Crippen molar-refractivity contribution in [3.8, 4) is 11.4 Å². The van der Waals surface area contributed by atoms with Gasteiger partial charge in [-0.3, -0.25) is 14.8 Å². The first kappa shape index (κ1) is 10.3. The van der Waals surface area contributed by atoms with Gasteiger partial charge in [-0.25, -0.2) is 0 Å². The maximum absolute atomic E-state index is 11.4. The van der Waals surface area contributed by atoms with Gasteiger partial charge in [-0.05, 0) is 24.3 Å². The van der Waals surface area contributed by atoms with Crippen LogP contribution in [0, 0.1) is 0 Å². The highest BCUT2D eigenvalue weighted by Gasteiger charge is 2.06. The number of amides is 1. The lowest BCUT2D eigenvalue weighted by Crippen LogP contribution is -2.17. The van der Waals surface area contributed by atoms with Crippen LogP contribution >= 0.6 is 0 Å². The molecule has 0 spiro atoms. The van der Waals surface area contributed by atoms with Crippen LogP contribution in [-0.4, -0.2) is 22.9 Å². The maximum Gasteiger partial charge on any atom is 0.251 e. The molecule has 0 aliphatic rings. The molecule has 0 saturated heterocycles. The summed E-state index contributed by atoms with van der Waals surface area (Å²) in [5.41, 5.74) is 2.04. The molecule has 1 N–H and O–H groups in total. The minimum atomic E-state index is -0.125. The van der Waals surface area contributed by atoms with E-state index in [4.69, 9.17) is 0 Å². The van der Waals surface area contributed by atoms with E-state index in [2.05, 4.69) is 15.3 Å². The summed E-state index contributed by atoms with van der Waals surface area (Å²) >= 11 is 0. The Balaban J connectivity index is 2.40. The van der Waals surface area contributed by atoms with Gasteiger partial charge in [0.2, 0.25) is 0 Å². The molecule has 1 amide bonds. The molecular formula is C12H11N3O. The Kier molecular flexibility index (Phi) is 2.91. The van der Waals surface area contributed by atoms with Crippen LogP contribution in [0.5, 0.6) is 0 Å². The number of nitrogens with one attached hydrogen (secondary N) is 1. The van der Waals surface area contributed by atoms with Gasteiger partial charge in [0.1, 0.15) is 0 Å². The van der Waals surface area contributed by atoms with E-state index in [0.29, 0.717) is 11.3 Å². The number of hydrogen-bond acceptors (Lipinski definition) is 3. The SMILES string of the molecule is CNC(=O)c1ccnc(-c2ccccn2)c1. The first-order valence-corrected chi connectivity index (χ1v) is 4.91. The summed E-state index contributed by atoms with van der Waals surface area (Å²) < 4.78 is 0. The molecule has 2 aromatic rings. The van der Waals surface area contributed by atoms with Crippen molar-refractivity contribution in [2.24, 2.45) is 0 Å². The van der Waals surface area contributed by atoms with Gasteiger partial charge >= 0.3 is 0 Å². The molecule has 4 heteroatoms. The van der Waals surface area contributed by atoms with E-state index in [1.165, 1.54) is 0 Å². The molecule has 0 unspecified atom stereocenters. The fourth-order valence-electron chi connectivity index (χ4n) is 1.37. The van der Waals surface area contributed by atoms with E-state index in [1.807, 2.05) is 18.2 Å². The molecule has 0 bridgehead atoms. The van der Waals surface area contributed by atoms with Gasteiger partial charge in [-0.2, -0.15) is 0 Å². The summed E-state index contributed by atoms with van der Waals surface area (Å²) in [7, 11) is 1.60. The molecule has 0 radical (unpaired) electrons. The molecule has 2 heterocycles. The molecular weight excluding hydrogens is 202 g/mol. The van der Waals surface area contributed by atoms with Crippen LogP contribution in [0.2, 0.25) is 0 Å². The zero-order chi connectivity index (χ0) is 11.4. The second-order valence-electron chi connectivity index (χ2n) is 3.22. The summed E-state index contributed by atoms with van der Waals surface area (Å²) in [5, 5.41) is 2.57. The minimum Gasteiger partial charge on any atom is -0.355 e. The average Bonchev–Trinajstić information content (AvgIpc) is 2.39. The van der Waals surface area contributed by atoms with Crippen molar-refractivity contribution >= 4 is 5.91 Å². The van der Waals surface area contributed by atoms with Gasteiger partial charge in [0.25, 0.3) is 5.91 Å². The Hall–Kier alpha value is -2.23. The van der Waals surface area contributed by atoms with E-state index >= 15 is 0 Å². The highest BCUT2D eigenvalue weighted by molar-refractivity contribution is 5.94. The summed E-state index contributed by atoms with van der Waals surface area (Å²) in [5.74, 6) is -0.125. The Bertz CT molecular complexity index is 497. The Labute approximate surface area is 93.4 Å². The Morgan fingerprint density at radius 3 is 2.62 bits per heavy atom. The normalized spacial score (nSPS) is 9.81. The predicted octanol–water partition coefficient (Wildman–Crippen LogP) is 1.50. The van der Waals surface area contributed by atoms with Gasteiger partial charge in [0.05, 0.1) is 11.4 Å². The molecule has 4 nitrogen and oxygen atoms in total. The molecule has 0 atom stereocenters. The lowest BCUT2D eigenvalue weighted by atomic mass is 10.2. The minimum absolute atomic E-state index is 0.125. The van der Waals surface area contributed by atoms with Crippen LogP contribution in [0.1, 0.15) is 10.4 Å². The van der Waals surface area contributed by atoms with Crippen molar-refractivity contribution in [3.63, 3.8) is 0 Å². The van der Waals surface area contributed by atoms with Crippen molar-refractivity contribution in [2.45, 2.75) is 0 Å². The number of nitrogens with zero attached hydrogens (tertiary/aromatic N) is 2. The lowest BCUT2D eigenvalue weighted by Gasteiger charge is -2.02. The van der Waals surface area contributed by atoms with Gasteiger partial charge in [0.15, 0.2) is 0 Å². The topological polar surface area (TPSA) is 54.9 Å². The van der Waals surface area contributed by atoms with E-state index in [-0.39, 0.29) is 5.91 Å². The standard InChI is InChI=1S/C12H11N3O/c1-13-12(16)9-5-7-15-11(8-9)10-4-2-3-6-14-10/h2-8H,1H3,(H,13,16). The van der Waals surface area contributed by atoms with Crippen LogP contribution < -0.4 is 5.32 Å². The molecule has 2 rings (SSSR count). The van der Waals surface area contributed by atoms with Gasteiger partial charge < -0.3 is 5.32 Å². The van der Waals surface area contributed by atoms with E-state index < -0.39 is 0 Å². The van der Waals surface area contributed by atoms with Crippen molar-refractivity contribution in [3.05, 3.63) is 48.3 Å². The van der Waals surface area contributed by atoms with Crippen molar-refractivity contribution in [2.75, 3.05) is 7.05 Å². The summed E-state index contributed by atoms with van der Waals surface area (Å²) in [6.07, 6.45) is 3.30. The monoisotopic (exact) mass is 213 g/mol. The molecule has 0 aromatic carbocycles. The fraction of sp³-hybridized carbons (Fsp3) is 0.0833. The first-order valence-electron chi connectivity index (χ1n) is 4.91. The van der Waals surface area contributed by atoms with Crippen LogP contribution in [0.25, 0.3) is 11.4 Å². The Morgan fingerprint density at radius 2 is 1.94 bits per heavy atom. The van der Waals surface area contributed by atoms with E-state index in [1.54, 1.807) is 31.6 Å². The smallest absolute Gasteiger partial charge is 0.251 e. The average molecular weight is 213 g/mol. The maximum atomic E-state index is 11.4. The van der Waals surface area contributed by atoms with E-state index in [9.17, 15) is 4.79 Å². The van der Waals surface area contributed by atoms with Gasteiger partial charge in [-0.15, -0.1) is 0 Å². The number of carbonyl (C=O) groups is 1. The largest absolute Gasteiger partial charge is 0.355 e. The van der Waals surface area contributed by atoms with Crippen LogP contribution in [0.4, 0.5) is 0 Å². The fourth-order valence-corrected chi connectivity index (χ4v) is 1.37. The van der Waals surface area contributed by atoms with Crippen LogP contribution in [0.15, 0.2) is 42.7 Å². The molecule has 0 aliphatic carbocycles. The molecule has 2 aromatic heterocycles. The third-order valence-corrected chi connectivity index (χ3v) is 2.18. The predicted molar refractivity (Wildman–Crippen MR) is 60.9 cm³/mol. The molecule has 0 saturated carbocycles. The molecule has 0 fully saturated rings. The van der Waals surface area contributed by atoms with Crippen molar-refractivity contribution < 1.29 is 4.79 Å². The van der Waals surface area contributed by atoms with Crippen LogP contribution in [0.3, 0.4) is 0 Å². The second-order valence-corrected chi connectivity index (χ2v) is 3.22. The number of pyridine rings is 2. The summed E-state index contributed by atoms with van der Waals surface area (Å²) in [6, 6.07) is 8.98. The summed E-state index contributed by atoms with van der Waals surface area (Å²) in [6.45, 7) is 0. The quantitative estimate of drug-likeness (QED) is 0.822. The first-order chi connectivity index (χ1) is 7.81. The number of carbonyl (C=O) groups excluding carboxylic acids is 1. The zero-order valence-electron chi connectivity index (χ0n) is 8.84. The second kappa shape index (κ2) is 4.53. The highest BCUT2D eigenvalue weighted by Crippen LogP contribution is 2.14. The molecule has 80 valence electrons. The lowest BCUT2D eigenvalue weighted by molar-refractivity contribution is 0.0963. The molecule has 16 heavy (non-hydrogen) atoms. The third-order valence-electron chi connectivity index (χ3n) is 2.18. The number of rotatable bonds is 2. The summed E-state index contributed by atoms with van der Waals surface area (Å²) in [4.78, 5) is 19.8. The van der Waals surface area contributed by atoms with Crippen molar-refractivity contribution in [1.82, 2.24) is 15.3 Å². The van der Waals surface area contributed by atoms with Gasteiger partial charge in [-0.1, -0.05) is 6.07 Å². The van der Waals surface area contributed by atoms with Crippen LogP contribution in [-0.2, 0) is 0 Å².